The number of halogens is 2. The topological polar surface area (TPSA) is 12.0 Å². The summed E-state index contributed by atoms with van der Waals surface area (Å²) < 4.78 is 26.5. The predicted octanol–water partition coefficient (Wildman–Crippen LogP) is 4.17. The molecule has 0 fully saturated rings. The molecule has 2 aromatic carbocycles. The summed E-state index contributed by atoms with van der Waals surface area (Å²) in [5.74, 6) is -1.06. The molecule has 1 N–H and O–H groups in total. The van der Waals surface area contributed by atoms with E-state index in [1.165, 1.54) is 17.7 Å². The van der Waals surface area contributed by atoms with E-state index in [1.807, 2.05) is 32.0 Å². The smallest absolute Gasteiger partial charge is 0.126 e. The molecule has 1 unspecified atom stereocenters. The minimum absolute atomic E-state index is 0.0566. The summed E-state index contributed by atoms with van der Waals surface area (Å²) in [5, 5.41) is 3.37. The van der Waals surface area contributed by atoms with Crippen molar-refractivity contribution in [1.29, 1.82) is 0 Å². The van der Waals surface area contributed by atoms with Crippen LogP contribution in [0.3, 0.4) is 0 Å². The summed E-state index contributed by atoms with van der Waals surface area (Å²) in [7, 11) is 0. The Labute approximate surface area is 118 Å². The molecule has 0 saturated heterocycles. The molecule has 0 aliphatic rings. The van der Waals surface area contributed by atoms with Crippen LogP contribution in [0.4, 0.5) is 8.78 Å². The Kier molecular flexibility index (Phi) is 4.85. The maximum Gasteiger partial charge on any atom is 0.126 e. The zero-order valence-electron chi connectivity index (χ0n) is 11.8. The molecule has 0 aliphatic carbocycles. The van der Waals surface area contributed by atoms with E-state index in [-0.39, 0.29) is 6.04 Å². The van der Waals surface area contributed by atoms with Crippen LogP contribution in [0, 0.1) is 18.6 Å². The molecular formula is C17H19F2N. The lowest BCUT2D eigenvalue weighted by molar-refractivity contribution is 0.538. The van der Waals surface area contributed by atoms with Gasteiger partial charge in [0.25, 0.3) is 0 Å². The summed E-state index contributed by atoms with van der Waals surface area (Å²) in [4.78, 5) is 0. The van der Waals surface area contributed by atoms with Crippen molar-refractivity contribution in [3.05, 3.63) is 70.8 Å². The normalized spacial score (nSPS) is 12.4. The lowest BCUT2D eigenvalue weighted by Gasteiger charge is -2.19. The molecular weight excluding hydrogens is 256 g/mol. The Morgan fingerprint density at radius 2 is 1.75 bits per heavy atom. The zero-order valence-corrected chi connectivity index (χ0v) is 11.8. The van der Waals surface area contributed by atoms with Crippen LogP contribution in [-0.4, -0.2) is 6.54 Å². The highest BCUT2D eigenvalue weighted by Crippen LogP contribution is 2.20. The highest BCUT2D eigenvalue weighted by atomic mass is 19.1. The van der Waals surface area contributed by atoms with Crippen LogP contribution in [0.1, 0.15) is 29.7 Å². The Balaban J connectivity index is 2.25. The van der Waals surface area contributed by atoms with E-state index in [2.05, 4.69) is 11.4 Å². The van der Waals surface area contributed by atoms with E-state index in [1.54, 1.807) is 0 Å². The first kappa shape index (κ1) is 14.7. The minimum atomic E-state index is -0.528. The van der Waals surface area contributed by atoms with Crippen LogP contribution in [0.15, 0.2) is 42.5 Å². The van der Waals surface area contributed by atoms with E-state index in [9.17, 15) is 8.78 Å². The number of hydrogen-bond acceptors (Lipinski definition) is 1. The summed E-state index contributed by atoms with van der Waals surface area (Å²) in [6.07, 6.45) is 0.561. The number of nitrogens with one attached hydrogen (secondary N) is 1. The maximum absolute atomic E-state index is 13.3. The average molecular weight is 275 g/mol. The average Bonchev–Trinajstić information content (AvgIpc) is 2.37. The molecule has 20 heavy (non-hydrogen) atoms. The van der Waals surface area contributed by atoms with Crippen molar-refractivity contribution >= 4 is 0 Å². The van der Waals surface area contributed by atoms with Crippen molar-refractivity contribution in [1.82, 2.24) is 5.32 Å². The summed E-state index contributed by atoms with van der Waals surface area (Å²) in [6.45, 7) is 4.86. The third-order valence-corrected chi connectivity index (χ3v) is 3.26. The first-order valence-corrected chi connectivity index (χ1v) is 6.83. The Morgan fingerprint density at radius 1 is 1.05 bits per heavy atom. The first-order chi connectivity index (χ1) is 9.58. The molecule has 2 rings (SSSR count). The van der Waals surface area contributed by atoms with Gasteiger partial charge >= 0.3 is 0 Å². The van der Waals surface area contributed by atoms with Gasteiger partial charge in [-0.05, 0) is 43.1 Å². The van der Waals surface area contributed by atoms with E-state index in [0.29, 0.717) is 12.0 Å². The van der Waals surface area contributed by atoms with Crippen molar-refractivity contribution in [2.75, 3.05) is 6.54 Å². The standard InChI is InChI=1S/C17H19F2N/c1-3-20-17(14-6-4-5-12(2)7-14)10-13-8-15(18)11-16(19)9-13/h4-9,11,17,20H,3,10H2,1-2H3. The summed E-state index contributed by atoms with van der Waals surface area (Å²) in [5.41, 5.74) is 2.97. The monoisotopic (exact) mass is 275 g/mol. The van der Waals surface area contributed by atoms with Crippen molar-refractivity contribution < 1.29 is 8.78 Å². The van der Waals surface area contributed by atoms with Gasteiger partial charge in [0.2, 0.25) is 0 Å². The van der Waals surface area contributed by atoms with E-state index >= 15 is 0 Å². The second-order valence-corrected chi connectivity index (χ2v) is 5.01. The van der Waals surface area contributed by atoms with Crippen LogP contribution in [0.25, 0.3) is 0 Å². The van der Waals surface area contributed by atoms with Crippen LogP contribution in [0.5, 0.6) is 0 Å². The Morgan fingerprint density at radius 3 is 2.35 bits per heavy atom. The van der Waals surface area contributed by atoms with Gasteiger partial charge in [-0.15, -0.1) is 0 Å². The molecule has 0 bridgehead atoms. The molecule has 1 atom stereocenters. The van der Waals surface area contributed by atoms with E-state index < -0.39 is 11.6 Å². The fourth-order valence-electron chi connectivity index (χ4n) is 2.41. The minimum Gasteiger partial charge on any atom is -0.310 e. The third kappa shape index (κ3) is 3.87. The second-order valence-electron chi connectivity index (χ2n) is 5.01. The van der Waals surface area contributed by atoms with Gasteiger partial charge in [-0.3, -0.25) is 0 Å². The first-order valence-electron chi connectivity index (χ1n) is 6.83. The number of rotatable bonds is 5. The zero-order chi connectivity index (χ0) is 14.5. The quantitative estimate of drug-likeness (QED) is 0.863. The molecule has 0 aromatic heterocycles. The van der Waals surface area contributed by atoms with E-state index in [4.69, 9.17) is 0 Å². The number of aryl methyl sites for hydroxylation is 1. The highest BCUT2D eigenvalue weighted by molar-refractivity contribution is 5.28. The highest BCUT2D eigenvalue weighted by Gasteiger charge is 2.12. The van der Waals surface area contributed by atoms with Gasteiger partial charge in [-0.1, -0.05) is 36.8 Å². The maximum atomic E-state index is 13.3. The van der Waals surface area contributed by atoms with Gasteiger partial charge in [-0.25, -0.2) is 8.78 Å². The fourth-order valence-corrected chi connectivity index (χ4v) is 2.41. The molecule has 1 nitrogen and oxygen atoms in total. The fraction of sp³-hybridized carbons (Fsp3) is 0.294. The molecule has 0 amide bonds. The molecule has 0 spiro atoms. The van der Waals surface area contributed by atoms with Gasteiger partial charge in [0.05, 0.1) is 0 Å². The largest absolute Gasteiger partial charge is 0.310 e. The van der Waals surface area contributed by atoms with Crippen molar-refractivity contribution in [3.63, 3.8) is 0 Å². The molecule has 0 aliphatic heterocycles. The van der Waals surface area contributed by atoms with Crippen molar-refractivity contribution in [2.24, 2.45) is 0 Å². The molecule has 106 valence electrons. The van der Waals surface area contributed by atoms with Crippen molar-refractivity contribution in [2.45, 2.75) is 26.3 Å². The molecule has 2 aromatic rings. The Hall–Kier alpha value is -1.74. The van der Waals surface area contributed by atoms with Crippen LogP contribution >= 0.6 is 0 Å². The number of benzene rings is 2. The van der Waals surface area contributed by atoms with Gasteiger partial charge in [0.1, 0.15) is 11.6 Å². The van der Waals surface area contributed by atoms with Crippen LogP contribution < -0.4 is 5.32 Å². The lowest BCUT2D eigenvalue weighted by Crippen LogP contribution is -2.23. The lowest BCUT2D eigenvalue weighted by atomic mass is 9.97. The van der Waals surface area contributed by atoms with Gasteiger partial charge in [0, 0.05) is 12.1 Å². The van der Waals surface area contributed by atoms with Gasteiger partial charge in [-0.2, -0.15) is 0 Å². The number of likely N-dealkylation sites (N-methyl/N-ethyl adjacent to an activating group) is 1. The second kappa shape index (κ2) is 6.62. The predicted molar refractivity (Wildman–Crippen MR) is 77.7 cm³/mol. The van der Waals surface area contributed by atoms with Crippen LogP contribution in [0.2, 0.25) is 0 Å². The number of hydrogen-bond donors (Lipinski definition) is 1. The molecule has 3 heteroatoms. The summed E-state index contributed by atoms with van der Waals surface area (Å²) >= 11 is 0. The Bertz CT molecular complexity index is 561. The van der Waals surface area contributed by atoms with Crippen LogP contribution in [-0.2, 0) is 6.42 Å². The molecule has 0 saturated carbocycles. The molecule has 0 heterocycles. The van der Waals surface area contributed by atoms with Crippen molar-refractivity contribution in [3.8, 4) is 0 Å². The van der Waals surface area contributed by atoms with Gasteiger partial charge in [0.15, 0.2) is 0 Å². The van der Waals surface area contributed by atoms with Gasteiger partial charge < -0.3 is 5.32 Å². The SMILES string of the molecule is CCNC(Cc1cc(F)cc(F)c1)c1cccc(C)c1. The molecule has 0 radical (unpaired) electrons. The summed E-state index contributed by atoms with van der Waals surface area (Å²) in [6, 6.07) is 11.9. The van der Waals surface area contributed by atoms with E-state index in [0.717, 1.165) is 18.2 Å². The third-order valence-electron chi connectivity index (χ3n) is 3.26.